The Kier molecular flexibility index (Phi) is 4.40. The van der Waals surface area contributed by atoms with Crippen molar-refractivity contribution in [2.24, 2.45) is 17.6 Å². The number of carbonyl (C=O) groups excluding carboxylic acids is 1. The van der Waals surface area contributed by atoms with Crippen molar-refractivity contribution in [3.05, 3.63) is 0 Å². The lowest BCUT2D eigenvalue weighted by atomic mass is 9.77. The summed E-state index contributed by atoms with van der Waals surface area (Å²) in [6, 6.07) is 0.408. The summed E-state index contributed by atoms with van der Waals surface area (Å²) in [6.07, 6.45) is 5.04. The van der Waals surface area contributed by atoms with E-state index < -0.39 is 0 Å². The van der Waals surface area contributed by atoms with Crippen molar-refractivity contribution in [2.75, 3.05) is 13.2 Å². The van der Waals surface area contributed by atoms with Gasteiger partial charge >= 0.3 is 0 Å². The minimum atomic E-state index is 0.0978. The largest absolute Gasteiger partial charge is 0.379 e. The van der Waals surface area contributed by atoms with Crippen LogP contribution < -0.4 is 11.1 Å². The molecule has 1 heterocycles. The van der Waals surface area contributed by atoms with Crippen molar-refractivity contribution in [3.63, 3.8) is 0 Å². The SMILES string of the molecule is CC1CCC(N)CC1C(=O)NC1CCCOC1. The van der Waals surface area contributed by atoms with Crippen LogP contribution in [0.5, 0.6) is 0 Å². The molecular weight excluding hydrogens is 216 g/mol. The normalized spacial score (nSPS) is 38.7. The molecule has 4 unspecified atom stereocenters. The number of hydrogen-bond acceptors (Lipinski definition) is 3. The van der Waals surface area contributed by atoms with Gasteiger partial charge in [0, 0.05) is 18.6 Å². The lowest BCUT2D eigenvalue weighted by Crippen LogP contribution is -2.47. The minimum Gasteiger partial charge on any atom is -0.379 e. The molecule has 2 rings (SSSR count). The average Bonchev–Trinajstić information content (AvgIpc) is 2.33. The fraction of sp³-hybridized carbons (Fsp3) is 0.923. The van der Waals surface area contributed by atoms with Gasteiger partial charge in [0.2, 0.25) is 5.91 Å². The second-order valence-electron chi connectivity index (χ2n) is 5.58. The first kappa shape index (κ1) is 12.8. The molecule has 2 fully saturated rings. The molecule has 0 bridgehead atoms. The van der Waals surface area contributed by atoms with Crippen LogP contribution in [0.1, 0.15) is 39.0 Å². The third kappa shape index (κ3) is 3.42. The summed E-state index contributed by atoms with van der Waals surface area (Å²) < 4.78 is 5.38. The molecule has 1 saturated carbocycles. The highest BCUT2D eigenvalue weighted by Crippen LogP contribution is 2.29. The summed E-state index contributed by atoms with van der Waals surface area (Å²) in [4.78, 5) is 12.2. The summed E-state index contributed by atoms with van der Waals surface area (Å²) >= 11 is 0. The first-order valence-corrected chi connectivity index (χ1v) is 6.80. The quantitative estimate of drug-likeness (QED) is 0.758. The molecule has 1 aliphatic heterocycles. The fourth-order valence-corrected chi connectivity index (χ4v) is 2.88. The monoisotopic (exact) mass is 240 g/mol. The predicted octanol–water partition coefficient (Wildman–Crippen LogP) is 1.05. The summed E-state index contributed by atoms with van der Waals surface area (Å²) in [6.45, 7) is 3.66. The Balaban J connectivity index is 1.85. The number of carbonyl (C=O) groups is 1. The fourth-order valence-electron chi connectivity index (χ4n) is 2.88. The number of rotatable bonds is 2. The van der Waals surface area contributed by atoms with Crippen molar-refractivity contribution in [1.29, 1.82) is 0 Å². The topological polar surface area (TPSA) is 64.4 Å². The van der Waals surface area contributed by atoms with E-state index in [0.29, 0.717) is 12.5 Å². The number of amides is 1. The lowest BCUT2D eigenvalue weighted by Gasteiger charge is -2.33. The molecule has 0 aromatic rings. The molecule has 0 aromatic heterocycles. The first-order valence-electron chi connectivity index (χ1n) is 6.80. The standard InChI is InChI=1S/C13H24N2O2/c1-9-4-5-10(14)7-12(9)13(16)15-11-3-2-6-17-8-11/h9-12H,2-8,14H2,1H3,(H,15,16). The van der Waals surface area contributed by atoms with Crippen molar-refractivity contribution in [1.82, 2.24) is 5.32 Å². The van der Waals surface area contributed by atoms with E-state index in [-0.39, 0.29) is 23.9 Å². The van der Waals surface area contributed by atoms with Crippen molar-refractivity contribution in [2.45, 2.75) is 51.1 Å². The Hall–Kier alpha value is -0.610. The average molecular weight is 240 g/mol. The van der Waals surface area contributed by atoms with Gasteiger partial charge in [-0.25, -0.2) is 0 Å². The number of nitrogens with two attached hydrogens (primary N) is 1. The van der Waals surface area contributed by atoms with Crippen molar-refractivity contribution in [3.8, 4) is 0 Å². The van der Waals surface area contributed by atoms with Gasteiger partial charge in [-0.1, -0.05) is 6.92 Å². The van der Waals surface area contributed by atoms with Crippen molar-refractivity contribution < 1.29 is 9.53 Å². The highest BCUT2D eigenvalue weighted by Gasteiger charge is 2.32. The van der Waals surface area contributed by atoms with Crippen LogP contribution in [0.15, 0.2) is 0 Å². The molecular formula is C13H24N2O2. The zero-order valence-corrected chi connectivity index (χ0v) is 10.7. The Morgan fingerprint density at radius 2 is 2.18 bits per heavy atom. The minimum absolute atomic E-state index is 0.0978. The molecule has 1 aliphatic carbocycles. The Bertz CT molecular complexity index is 264. The van der Waals surface area contributed by atoms with Gasteiger partial charge < -0.3 is 15.8 Å². The Morgan fingerprint density at radius 3 is 2.88 bits per heavy atom. The third-order valence-electron chi connectivity index (χ3n) is 4.08. The molecule has 1 amide bonds. The molecule has 3 N–H and O–H groups in total. The van der Waals surface area contributed by atoms with E-state index in [1.807, 2.05) is 0 Å². The van der Waals surface area contributed by atoms with Gasteiger partial charge in [0.25, 0.3) is 0 Å². The van der Waals surface area contributed by atoms with Gasteiger partial charge in [0.15, 0.2) is 0 Å². The Morgan fingerprint density at radius 1 is 1.35 bits per heavy atom. The van der Waals surface area contributed by atoms with Gasteiger partial charge in [-0.15, -0.1) is 0 Å². The zero-order chi connectivity index (χ0) is 12.3. The molecule has 1 saturated heterocycles. The van der Waals surface area contributed by atoms with Crippen LogP contribution in [0.2, 0.25) is 0 Å². The summed E-state index contributed by atoms with van der Waals surface area (Å²) in [7, 11) is 0. The van der Waals surface area contributed by atoms with Crippen LogP contribution in [0.25, 0.3) is 0 Å². The van der Waals surface area contributed by atoms with Crippen molar-refractivity contribution >= 4 is 5.91 Å². The molecule has 4 atom stereocenters. The molecule has 98 valence electrons. The molecule has 0 spiro atoms. The highest BCUT2D eigenvalue weighted by molar-refractivity contribution is 5.79. The summed E-state index contributed by atoms with van der Waals surface area (Å²) in [5.41, 5.74) is 5.95. The van der Waals surface area contributed by atoms with Gasteiger partial charge in [-0.3, -0.25) is 4.79 Å². The van der Waals surface area contributed by atoms with Gasteiger partial charge in [0.1, 0.15) is 0 Å². The van der Waals surface area contributed by atoms with E-state index in [9.17, 15) is 4.79 Å². The third-order valence-corrected chi connectivity index (χ3v) is 4.08. The van der Waals surface area contributed by atoms with Crippen LogP contribution in [0.3, 0.4) is 0 Å². The maximum atomic E-state index is 12.2. The molecule has 0 radical (unpaired) electrons. The van der Waals surface area contributed by atoms with E-state index in [0.717, 1.165) is 38.7 Å². The van der Waals surface area contributed by atoms with Gasteiger partial charge in [0.05, 0.1) is 12.6 Å². The maximum absolute atomic E-state index is 12.2. The summed E-state index contributed by atoms with van der Waals surface area (Å²) in [5.74, 6) is 0.739. The zero-order valence-electron chi connectivity index (χ0n) is 10.7. The number of ether oxygens (including phenoxy) is 1. The van der Waals surface area contributed by atoms with Gasteiger partial charge in [-0.2, -0.15) is 0 Å². The predicted molar refractivity (Wildman–Crippen MR) is 66.5 cm³/mol. The lowest BCUT2D eigenvalue weighted by molar-refractivity contribution is -0.129. The second kappa shape index (κ2) is 5.83. The molecule has 4 heteroatoms. The number of hydrogen-bond donors (Lipinski definition) is 2. The molecule has 17 heavy (non-hydrogen) atoms. The van der Waals surface area contributed by atoms with Crippen LogP contribution >= 0.6 is 0 Å². The van der Waals surface area contributed by atoms with Crippen LogP contribution in [-0.2, 0) is 9.53 Å². The van der Waals surface area contributed by atoms with E-state index >= 15 is 0 Å². The van der Waals surface area contributed by atoms with Crippen LogP contribution in [0.4, 0.5) is 0 Å². The smallest absolute Gasteiger partial charge is 0.223 e. The second-order valence-corrected chi connectivity index (χ2v) is 5.58. The van der Waals surface area contributed by atoms with E-state index in [1.54, 1.807) is 0 Å². The van der Waals surface area contributed by atoms with E-state index in [4.69, 9.17) is 10.5 Å². The highest BCUT2D eigenvalue weighted by atomic mass is 16.5. The molecule has 0 aromatic carbocycles. The first-order chi connectivity index (χ1) is 8.16. The summed E-state index contributed by atoms with van der Waals surface area (Å²) in [5, 5.41) is 3.12. The van der Waals surface area contributed by atoms with Gasteiger partial charge in [-0.05, 0) is 38.0 Å². The van der Waals surface area contributed by atoms with E-state index in [1.165, 1.54) is 0 Å². The number of nitrogens with one attached hydrogen (secondary N) is 1. The molecule has 4 nitrogen and oxygen atoms in total. The van der Waals surface area contributed by atoms with Crippen LogP contribution in [-0.4, -0.2) is 31.2 Å². The van der Waals surface area contributed by atoms with E-state index in [2.05, 4.69) is 12.2 Å². The maximum Gasteiger partial charge on any atom is 0.223 e. The Labute approximate surface area is 103 Å². The van der Waals surface area contributed by atoms with Crippen LogP contribution in [0, 0.1) is 11.8 Å². The molecule has 2 aliphatic rings.